The van der Waals surface area contributed by atoms with E-state index >= 15 is 0 Å². The number of phenolic OH excluding ortho intramolecular Hbond substituents is 3. The van der Waals surface area contributed by atoms with Gasteiger partial charge in [-0.25, -0.2) is 8.42 Å². The number of ether oxygens (including phenoxy) is 1. The van der Waals surface area contributed by atoms with E-state index in [0.717, 1.165) is 7.11 Å². The summed E-state index contributed by atoms with van der Waals surface area (Å²) in [6.07, 6.45) is 1.21. The molecule has 174 valence electrons. The predicted molar refractivity (Wildman–Crippen MR) is 123 cm³/mol. The van der Waals surface area contributed by atoms with Crippen molar-refractivity contribution >= 4 is 39.3 Å². The number of hydrogen-bond acceptors (Lipinski definition) is 9. The van der Waals surface area contributed by atoms with Crippen LogP contribution >= 0.6 is 12.2 Å². The summed E-state index contributed by atoms with van der Waals surface area (Å²) in [7, 11) is -2.57. The van der Waals surface area contributed by atoms with Crippen LogP contribution in [0.15, 0.2) is 46.4 Å². The first-order valence-electron chi connectivity index (χ1n) is 9.25. The third-order valence-electron chi connectivity index (χ3n) is 4.25. The maximum atomic E-state index is 12.6. The van der Waals surface area contributed by atoms with Crippen molar-refractivity contribution in [2.24, 2.45) is 5.10 Å². The SMILES string of the molecule is CO.O=S(=O)(c1ccc(NC(=S)NN=Cc2ccc(O)c(O)c2O)cc1)N1CCOCC1. The summed E-state index contributed by atoms with van der Waals surface area (Å²) < 4.78 is 31.8. The van der Waals surface area contributed by atoms with E-state index in [2.05, 4.69) is 15.8 Å². The zero-order valence-corrected chi connectivity index (χ0v) is 18.7. The average molecular weight is 485 g/mol. The molecule has 0 radical (unpaired) electrons. The van der Waals surface area contributed by atoms with Crippen LogP contribution < -0.4 is 10.7 Å². The smallest absolute Gasteiger partial charge is 0.243 e. The Hall–Kier alpha value is -2.97. The van der Waals surface area contributed by atoms with Crippen molar-refractivity contribution < 1.29 is 33.6 Å². The van der Waals surface area contributed by atoms with Gasteiger partial charge in [-0.1, -0.05) is 0 Å². The fraction of sp³-hybridized carbons (Fsp3) is 0.263. The molecule has 1 heterocycles. The topological polar surface area (TPSA) is 164 Å². The minimum Gasteiger partial charge on any atom is -0.504 e. The minimum absolute atomic E-state index is 0.123. The molecule has 0 amide bonds. The van der Waals surface area contributed by atoms with Crippen LogP contribution in [0.25, 0.3) is 0 Å². The van der Waals surface area contributed by atoms with E-state index in [0.29, 0.717) is 32.0 Å². The highest BCUT2D eigenvalue weighted by Crippen LogP contribution is 2.36. The van der Waals surface area contributed by atoms with Crippen LogP contribution in [0.1, 0.15) is 5.56 Å². The number of aromatic hydroxyl groups is 3. The molecule has 3 rings (SSSR count). The average Bonchev–Trinajstić information content (AvgIpc) is 2.81. The van der Waals surface area contributed by atoms with Gasteiger partial charge in [0.2, 0.25) is 15.8 Å². The summed E-state index contributed by atoms with van der Waals surface area (Å²) in [6, 6.07) is 8.69. The van der Waals surface area contributed by atoms with E-state index in [1.807, 2.05) is 0 Å². The van der Waals surface area contributed by atoms with E-state index in [4.69, 9.17) is 22.1 Å². The lowest BCUT2D eigenvalue weighted by Gasteiger charge is -2.26. The number of nitrogens with one attached hydrogen (secondary N) is 2. The van der Waals surface area contributed by atoms with Gasteiger partial charge in [0.25, 0.3) is 0 Å². The van der Waals surface area contributed by atoms with Gasteiger partial charge in [-0.2, -0.15) is 9.41 Å². The Morgan fingerprint density at radius 3 is 2.31 bits per heavy atom. The van der Waals surface area contributed by atoms with Gasteiger partial charge in [0.1, 0.15) is 0 Å². The lowest BCUT2D eigenvalue weighted by molar-refractivity contribution is 0.0730. The number of anilines is 1. The van der Waals surface area contributed by atoms with Crippen molar-refractivity contribution in [3.63, 3.8) is 0 Å². The number of hydrogen-bond donors (Lipinski definition) is 6. The molecule has 2 aromatic rings. The Morgan fingerprint density at radius 1 is 1.06 bits per heavy atom. The summed E-state index contributed by atoms with van der Waals surface area (Å²) in [4.78, 5) is 0.175. The molecule has 2 aromatic carbocycles. The number of rotatable bonds is 5. The van der Waals surface area contributed by atoms with Gasteiger partial charge in [0.15, 0.2) is 16.6 Å². The highest BCUT2D eigenvalue weighted by molar-refractivity contribution is 7.89. The first-order chi connectivity index (χ1) is 15.3. The molecule has 13 heteroatoms. The normalized spacial score (nSPS) is 14.4. The summed E-state index contributed by atoms with van der Waals surface area (Å²) in [5, 5.41) is 42.3. The van der Waals surface area contributed by atoms with Gasteiger partial charge < -0.3 is 30.5 Å². The fourth-order valence-electron chi connectivity index (χ4n) is 2.65. The molecule has 6 N–H and O–H groups in total. The van der Waals surface area contributed by atoms with Crippen molar-refractivity contribution in [2.75, 3.05) is 38.7 Å². The Bertz CT molecular complexity index is 1050. The van der Waals surface area contributed by atoms with Gasteiger partial charge in [0.05, 0.1) is 24.3 Å². The molecule has 1 aliphatic heterocycles. The monoisotopic (exact) mass is 484 g/mol. The summed E-state index contributed by atoms with van der Waals surface area (Å²) in [6.45, 7) is 1.40. The molecule has 0 aliphatic carbocycles. The highest BCUT2D eigenvalue weighted by Gasteiger charge is 2.26. The third kappa shape index (κ3) is 6.27. The van der Waals surface area contributed by atoms with Gasteiger partial charge in [-0.3, -0.25) is 5.43 Å². The Balaban J connectivity index is 0.00000176. The quantitative estimate of drug-likeness (QED) is 0.154. The predicted octanol–water partition coefficient (Wildman–Crippen LogP) is 0.753. The molecular formula is C19H24N4O7S2. The van der Waals surface area contributed by atoms with Gasteiger partial charge in [-0.05, 0) is 48.6 Å². The number of sulfonamides is 1. The standard InChI is InChI=1S/C18H20N4O6S2.CH4O/c23-15-6-1-12(16(24)17(15)25)11-19-21-18(29)20-13-2-4-14(5-3-13)30(26,27)22-7-9-28-10-8-22;1-2/h1-6,11,23-25H,7-10H2,(H2,20,21,29);2H,1H3. The second-order valence-corrected chi connectivity index (χ2v) is 8.58. The second-order valence-electron chi connectivity index (χ2n) is 6.24. The third-order valence-corrected chi connectivity index (χ3v) is 6.36. The first-order valence-corrected chi connectivity index (χ1v) is 11.1. The number of nitrogens with zero attached hydrogens (tertiary/aromatic N) is 2. The van der Waals surface area contributed by atoms with E-state index in [-0.39, 0.29) is 15.6 Å². The molecule has 0 atom stereocenters. The van der Waals surface area contributed by atoms with Crippen LogP contribution in [0.2, 0.25) is 0 Å². The van der Waals surface area contributed by atoms with Crippen LogP contribution in [-0.4, -0.2) is 77.9 Å². The van der Waals surface area contributed by atoms with Gasteiger partial charge in [0, 0.05) is 31.5 Å². The second kappa shape index (κ2) is 11.6. The molecule has 32 heavy (non-hydrogen) atoms. The lowest BCUT2D eigenvalue weighted by atomic mass is 10.2. The van der Waals surface area contributed by atoms with Crippen LogP contribution in [0.4, 0.5) is 5.69 Å². The fourth-order valence-corrected chi connectivity index (χ4v) is 4.23. The van der Waals surface area contributed by atoms with Crippen molar-refractivity contribution in [3.05, 3.63) is 42.0 Å². The Kier molecular flexibility index (Phi) is 9.16. The molecule has 0 spiro atoms. The molecular weight excluding hydrogens is 460 g/mol. The molecule has 1 aliphatic rings. The van der Waals surface area contributed by atoms with E-state index < -0.39 is 27.3 Å². The number of phenols is 3. The summed E-state index contributed by atoms with van der Waals surface area (Å²) >= 11 is 5.11. The zero-order chi connectivity index (χ0) is 23.7. The van der Waals surface area contributed by atoms with E-state index in [1.54, 1.807) is 12.1 Å². The number of morpholine rings is 1. The van der Waals surface area contributed by atoms with Crippen LogP contribution in [0, 0.1) is 0 Å². The summed E-state index contributed by atoms with van der Waals surface area (Å²) in [5.74, 6) is -1.61. The zero-order valence-electron chi connectivity index (χ0n) is 17.1. The van der Waals surface area contributed by atoms with E-state index in [9.17, 15) is 23.7 Å². The highest BCUT2D eigenvalue weighted by atomic mass is 32.2. The van der Waals surface area contributed by atoms with Gasteiger partial charge >= 0.3 is 0 Å². The Morgan fingerprint density at radius 2 is 1.69 bits per heavy atom. The maximum Gasteiger partial charge on any atom is 0.243 e. The van der Waals surface area contributed by atoms with Crippen LogP contribution in [0.5, 0.6) is 17.2 Å². The molecule has 1 saturated heterocycles. The minimum atomic E-state index is -3.57. The maximum absolute atomic E-state index is 12.6. The molecule has 11 nitrogen and oxygen atoms in total. The first kappa shape index (κ1) is 25.3. The number of aliphatic hydroxyl groups excluding tert-OH is 1. The van der Waals surface area contributed by atoms with Crippen molar-refractivity contribution in [2.45, 2.75) is 4.90 Å². The largest absolute Gasteiger partial charge is 0.504 e. The van der Waals surface area contributed by atoms with Crippen LogP contribution in [0.3, 0.4) is 0 Å². The molecule has 0 unspecified atom stereocenters. The number of benzene rings is 2. The molecule has 0 bridgehead atoms. The molecule has 0 aromatic heterocycles. The number of hydrazone groups is 1. The van der Waals surface area contributed by atoms with Crippen LogP contribution in [-0.2, 0) is 14.8 Å². The van der Waals surface area contributed by atoms with E-state index in [1.165, 1.54) is 34.8 Å². The summed E-state index contributed by atoms with van der Waals surface area (Å²) in [5.41, 5.74) is 3.25. The molecule has 1 fully saturated rings. The lowest BCUT2D eigenvalue weighted by Crippen LogP contribution is -2.40. The molecule has 0 saturated carbocycles. The van der Waals surface area contributed by atoms with Crippen molar-refractivity contribution in [1.29, 1.82) is 0 Å². The van der Waals surface area contributed by atoms with Crippen molar-refractivity contribution in [3.8, 4) is 17.2 Å². The number of thiocarbonyl (C=S) groups is 1. The van der Waals surface area contributed by atoms with Crippen molar-refractivity contribution in [1.82, 2.24) is 9.73 Å². The number of aliphatic hydroxyl groups is 1. The van der Waals surface area contributed by atoms with Gasteiger partial charge in [-0.15, -0.1) is 0 Å². The Labute approximate surface area is 190 Å².